The van der Waals surface area contributed by atoms with E-state index in [1.807, 2.05) is 26.2 Å². The van der Waals surface area contributed by atoms with Crippen molar-refractivity contribution in [3.63, 3.8) is 0 Å². The summed E-state index contributed by atoms with van der Waals surface area (Å²) in [6.07, 6.45) is 0. The highest BCUT2D eigenvalue weighted by Gasteiger charge is 2.53. The van der Waals surface area contributed by atoms with E-state index in [4.69, 9.17) is 16.5 Å². The van der Waals surface area contributed by atoms with Crippen molar-refractivity contribution in [3.8, 4) is 0 Å². The van der Waals surface area contributed by atoms with Crippen LogP contribution in [0.5, 0.6) is 0 Å². The van der Waals surface area contributed by atoms with Crippen molar-refractivity contribution in [2.75, 3.05) is 0 Å². The standard InChI is InChI=1S/C12H24O4Si4/c1-9-17(5)13-18(6,10-2)15-20(8,12-4)16-19(7,11-3)14-17/h9-12H,1-4H2,5-8H3/t17-,18+,19?,20?. The molecule has 0 aromatic rings. The summed E-state index contributed by atoms with van der Waals surface area (Å²) >= 11 is 0. The van der Waals surface area contributed by atoms with Crippen LogP contribution < -0.4 is 0 Å². The number of rotatable bonds is 4. The van der Waals surface area contributed by atoms with Crippen molar-refractivity contribution < 1.29 is 16.5 Å². The van der Waals surface area contributed by atoms with Gasteiger partial charge in [0.1, 0.15) is 0 Å². The fourth-order valence-electron chi connectivity index (χ4n) is 2.03. The Labute approximate surface area is 126 Å². The lowest BCUT2D eigenvalue weighted by molar-refractivity contribution is 0.251. The van der Waals surface area contributed by atoms with Crippen LogP contribution in [0.4, 0.5) is 0 Å². The first-order valence-corrected chi connectivity index (χ1v) is 16.0. The molecule has 0 aliphatic carbocycles. The zero-order valence-corrected chi connectivity index (χ0v) is 16.8. The maximum Gasteiger partial charge on any atom is 0.344 e. The predicted octanol–water partition coefficient (Wildman–Crippen LogP) is 3.26. The van der Waals surface area contributed by atoms with Gasteiger partial charge in [0.2, 0.25) is 0 Å². The average Bonchev–Trinajstić information content (AvgIpc) is 2.36. The van der Waals surface area contributed by atoms with Gasteiger partial charge in [-0.25, -0.2) is 0 Å². The quantitative estimate of drug-likeness (QED) is 0.734. The fourth-order valence-corrected chi connectivity index (χ4v) is 19.7. The molecule has 0 spiro atoms. The Morgan fingerprint density at radius 2 is 0.650 bits per heavy atom. The summed E-state index contributed by atoms with van der Waals surface area (Å²) in [6.45, 7) is 23.2. The normalized spacial score (nSPS) is 45.8. The molecule has 1 aliphatic rings. The Bertz CT molecular complexity index is 349. The number of hydrogen-bond donors (Lipinski definition) is 0. The molecule has 0 radical (unpaired) electrons. The largest absolute Gasteiger partial charge is 0.410 e. The summed E-state index contributed by atoms with van der Waals surface area (Å²) in [5.41, 5.74) is 7.01. The lowest BCUT2D eigenvalue weighted by Gasteiger charge is -2.46. The molecule has 1 saturated heterocycles. The van der Waals surface area contributed by atoms with Crippen molar-refractivity contribution >= 4 is 34.2 Å². The van der Waals surface area contributed by atoms with Gasteiger partial charge in [0.05, 0.1) is 0 Å². The van der Waals surface area contributed by atoms with Crippen molar-refractivity contribution in [1.82, 2.24) is 0 Å². The molecule has 0 aromatic heterocycles. The Morgan fingerprint density at radius 1 is 0.500 bits per heavy atom. The van der Waals surface area contributed by atoms with Crippen LogP contribution >= 0.6 is 0 Å². The molecule has 0 amide bonds. The third kappa shape index (κ3) is 3.86. The number of hydrogen-bond acceptors (Lipinski definition) is 4. The zero-order valence-electron chi connectivity index (χ0n) is 12.8. The van der Waals surface area contributed by atoms with Gasteiger partial charge >= 0.3 is 34.2 Å². The van der Waals surface area contributed by atoms with Crippen LogP contribution in [0, 0.1) is 0 Å². The van der Waals surface area contributed by atoms with Gasteiger partial charge in [-0.1, -0.05) is 22.8 Å². The highest BCUT2D eigenvalue weighted by molar-refractivity contribution is 6.98. The van der Waals surface area contributed by atoms with E-state index in [0.29, 0.717) is 0 Å². The summed E-state index contributed by atoms with van der Waals surface area (Å²) in [7, 11) is -10.4. The first-order valence-electron chi connectivity index (χ1n) is 6.42. The second kappa shape index (κ2) is 5.81. The van der Waals surface area contributed by atoms with Crippen molar-refractivity contribution in [2.45, 2.75) is 26.2 Å². The minimum absolute atomic E-state index is 1.75. The molecule has 0 unspecified atom stereocenters. The smallest absolute Gasteiger partial charge is 0.344 e. The molecule has 20 heavy (non-hydrogen) atoms. The molecular formula is C12H24O4Si4. The third-order valence-corrected chi connectivity index (χ3v) is 19.0. The second-order valence-corrected chi connectivity index (χ2v) is 18.3. The monoisotopic (exact) mass is 344 g/mol. The molecule has 0 aromatic carbocycles. The van der Waals surface area contributed by atoms with Gasteiger partial charge in [-0.3, -0.25) is 0 Å². The topological polar surface area (TPSA) is 36.9 Å². The summed E-state index contributed by atoms with van der Waals surface area (Å²) in [4.78, 5) is 0. The summed E-state index contributed by atoms with van der Waals surface area (Å²) in [5, 5.41) is 0. The summed E-state index contributed by atoms with van der Waals surface area (Å²) in [5.74, 6) is 0. The van der Waals surface area contributed by atoms with Gasteiger partial charge in [-0.05, 0) is 26.2 Å². The van der Waals surface area contributed by atoms with Gasteiger partial charge in [0.15, 0.2) is 0 Å². The Balaban J connectivity index is 3.31. The Kier molecular flexibility index (Phi) is 5.15. The van der Waals surface area contributed by atoms with Gasteiger partial charge < -0.3 is 16.5 Å². The molecular weight excluding hydrogens is 320 g/mol. The van der Waals surface area contributed by atoms with E-state index in [9.17, 15) is 0 Å². The maximum absolute atomic E-state index is 6.25. The first kappa shape index (κ1) is 17.7. The Morgan fingerprint density at radius 3 is 0.750 bits per heavy atom. The SMILES string of the molecule is C=C[Si]1(C)O[Si](C)(C=C)O[Si@](C)(C=C)O[Si@](C)(C=C)O1. The van der Waals surface area contributed by atoms with Gasteiger partial charge in [-0.2, -0.15) is 0 Å². The van der Waals surface area contributed by atoms with E-state index >= 15 is 0 Å². The van der Waals surface area contributed by atoms with Crippen molar-refractivity contribution in [2.24, 2.45) is 0 Å². The minimum atomic E-state index is -2.60. The highest BCUT2D eigenvalue weighted by atomic mass is 28.5. The minimum Gasteiger partial charge on any atom is -0.410 e. The molecule has 8 heteroatoms. The van der Waals surface area contributed by atoms with E-state index < -0.39 is 34.2 Å². The summed E-state index contributed by atoms with van der Waals surface area (Å²) in [6, 6.07) is 0. The van der Waals surface area contributed by atoms with E-state index in [0.717, 1.165) is 0 Å². The van der Waals surface area contributed by atoms with Crippen LogP contribution in [-0.2, 0) is 16.5 Å². The van der Waals surface area contributed by atoms with Crippen molar-refractivity contribution in [1.29, 1.82) is 0 Å². The van der Waals surface area contributed by atoms with Gasteiger partial charge in [0.25, 0.3) is 0 Å². The lowest BCUT2D eigenvalue weighted by Crippen LogP contribution is -2.65. The summed E-state index contributed by atoms with van der Waals surface area (Å²) < 4.78 is 25.0. The van der Waals surface area contributed by atoms with Crippen LogP contribution in [-0.4, -0.2) is 34.2 Å². The lowest BCUT2D eigenvalue weighted by atomic mass is 11.3. The van der Waals surface area contributed by atoms with E-state index in [-0.39, 0.29) is 0 Å². The second-order valence-electron chi connectivity index (χ2n) is 5.29. The van der Waals surface area contributed by atoms with Crippen LogP contribution in [0.3, 0.4) is 0 Å². The maximum atomic E-state index is 6.25. The van der Waals surface area contributed by atoms with Crippen molar-refractivity contribution in [3.05, 3.63) is 49.1 Å². The molecule has 112 valence electrons. The highest BCUT2D eigenvalue weighted by Crippen LogP contribution is 2.32. The molecule has 4 nitrogen and oxygen atoms in total. The zero-order chi connectivity index (χ0) is 15.7. The molecule has 0 saturated carbocycles. The van der Waals surface area contributed by atoms with Gasteiger partial charge in [0, 0.05) is 0 Å². The van der Waals surface area contributed by atoms with E-state index in [1.165, 1.54) is 0 Å². The van der Waals surface area contributed by atoms with E-state index in [2.05, 4.69) is 26.3 Å². The van der Waals surface area contributed by atoms with E-state index in [1.54, 1.807) is 22.8 Å². The van der Waals surface area contributed by atoms with Gasteiger partial charge in [-0.15, -0.1) is 26.3 Å². The van der Waals surface area contributed by atoms with Crippen LogP contribution in [0.1, 0.15) is 0 Å². The predicted molar refractivity (Wildman–Crippen MR) is 91.6 cm³/mol. The Hall–Kier alpha value is -0.332. The fraction of sp³-hybridized carbons (Fsp3) is 0.333. The molecule has 0 bridgehead atoms. The third-order valence-electron chi connectivity index (χ3n) is 3.10. The first-order chi connectivity index (χ1) is 9.07. The molecule has 1 heterocycles. The molecule has 1 aliphatic heterocycles. The molecule has 0 atom stereocenters. The molecule has 1 fully saturated rings. The van der Waals surface area contributed by atoms with Crippen LogP contribution in [0.2, 0.25) is 26.2 Å². The molecule has 0 N–H and O–H groups in total. The average molecular weight is 345 g/mol. The van der Waals surface area contributed by atoms with Crippen LogP contribution in [0.15, 0.2) is 49.1 Å². The molecule has 1 rings (SSSR count). The van der Waals surface area contributed by atoms with Crippen LogP contribution in [0.25, 0.3) is 0 Å².